The lowest BCUT2D eigenvalue weighted by Gasteiger charge is -2.25. The maximum absolute atomic E-state index is 15.3. The monoisotopic (exact) mass is 520 g/mol. The Morgan fingerprint density at radius 3 is 1.63 bits per heavy atom. The van der Waals surface area contributed by atoms with Crippen LogP contribution in [0.1, 0.15) is 20.9 Å². The second-order valence-corrected chi connectivity index (χ2v) is 10.7. The summed E-state index contributed by atoms with van der Waals surface area (Å²) in [4.78, 5) is 1.08. The van der Waals surface area contributed by atoms with Gasteiger partial charge in [0, 0.05) is 25.1 Å². The first-order valence-electron chi connectivity index (χ1n) is 10.7. The number of halogens is 6. The molecule has 4 aromatic rings. The van der Waals surface area contributed by atoms with Gasteiger partial charge in [0.15, 0.2) is 0 Å². The van der Waals surface area contributed by atoms with Crippen molar-refractivity contribution in [3.05, 3.63) is 93.7 Å². The van der Waals surface area contributed by atoms with Crippen LogP contribution < -0.4 is 0 Å². The van der Waals surface area contributed by atoms with Gasteiger partial charge in [-0.3, -0.25) is 0 Å². The standard InChI is InChI=1S/C27H18F6S2/c1-15-13-20(17-9-5-3-6-10-17)35-24(15)23-22(25(28,29)27(32,33)26(23,30)31)19-14-21(34-16(19)2)18-11-7-4-8-12-18/h3-14H,1-2H3. The molecule has 0 amide bonds. The van der Waals surface area contributed by atoms with Gasteiger partial charge in [0.05, 0.1) is 5.57 Å². The van der Waals surface area contributed by atoms with Gasteiger partial charge in [0.2, 0.25) is 0 Å². The summed E-state index contributed by atoms with van der Waals surface area (Å²) in [6.07, 6.45) is 0. The molecule has 2 aromatic carbocycles. The Morgan fingerprint density at radius 1 is 0.600 bits per heavy atom. The van der Waals surface area contributed by atoms with Crippen LogP contribution in [0.25, 0.3) is 32.0 Å². The van der Waals surface area contributed by atoms with E-state index < -0.39 is 28.9 Å². The summed E-state index contributed by atoms with van der Waals surface area (Å²) in [5.41, 5.74) is -1.25. The van der Waals surface area contributed by atoms with E-state index in [2.05, 4.69) is 0 Å². The Bertz CT molecular complexity index is 1320. The molecule has 0 spiro atoms. The van der Waals surface area contributed by atoms with Crippen molar-refractivity contribution in [3.63, 3.8) is 0 Å². The summed E-state index contributed by atoms with van der Waals surface area (Å²) < 4.78 is 90.6. The maximum atomic E-state index is 15.3. The van der Waals surface area contributed by atoms with E-state index in [9.17, 15) is 8.78 Å². The highest BCUT2D eigenvalue weighted by atomic mass is 32.1. The van der Waals surface area contributed by atoms with Crippen LogP contribution in [0.15, 0.2) is 72.8 Å². The molecule has 0 N–H and O–H groups in total. The molecule has 0 atom stereocenters. The Hall–Kier alpha value is -2.84. The molecule has 0 nitrogen and oxygen atoms in total. The average Bonchev–Trinajstić information content (AvgIpc) is 3.42. The Kier molecular flexibility index (Phi) is 5.53. The second-order valence-electron chi connectivity index (χ2n) is 8.41. The van der Waals surface area contributed by atoms with Gasteiger partial charge in [0.1, 0.15) is 0 Å². The van der Waals surface area contributed by atoms with E-state index in [4.69, 9.17) is 0 Å². The molecule has 0 saturated carbocycles. The summed E-state index contributed by atoms with van der Waals surface area (Å²) >= 11 is 1.92. The highest BCUT2D eigenvalue weighted by Gasteiger charge is 2.80. The number of allylic oxidation sites excluding steroid dienone is 2. The SMILES string of the molecule is Cc1cc(-c2ccccc2)sc1C1=C(c2cc(-c3ccccc3)sc2C)C(F)(F)C(F)(F)C1(F)F. The van der Waals surface area contributed by atoms with Crippen molar-refractivity contribution in [1.29, 1.82) is 0 Å². The highest BCUT2D eigenvalue weighted by Crippen LogP contribution is 2.66. The third kappa shape index (κ3) is 3.49. The summed E-state index contributed by atoms with van der Waals surface area (Å²) in [5, 5.41) is 0. The Labute approximate surface area is 206 Å². The van der Waals surface area contributed by atoms with Gasteiger partial charge in [-0.25, -0.2) is 0 Å². The maximum Gasteiger partial charge on any atom is 0.380 e. The van der Waals surface area contributed by atoms with Gasteiger partial charge in [-0.1, -0.05) is 60.7 Å². The van der Waals surface area contributed by atoms with Gasteiger partial charge < -0.3 is 0 Å². The lowest BCUT2D eigenvalue weighted by Crippen LogP contribution is -2.48. The highest BCUT2D eigenvalue weighted by molar-refractivity contribution is 7.17. The minimum absolute atomic E-state index is 0.241. The summed E-state index contributed by atoms with van der Waals surface area (Å²) in [7, 11) is 0. The third-order valence-corrected chi connectivity index (χ3v) is 8.52. The van der Waals surface area contributed by atoms with Gasteiger partial charge >= 0.3 is 17.8 Å². The minimum atomic E-state index is -5.57. The first-order chi connectivity index (χ1) is 16.5. The predicted molar refractivity (Wildman–Crippen MR) is 131 cm³/mol. The summed E-state index contributed by atoms with van der Waals surface area (Å²) in [6, 6.07) is 20.4. The first kappa shape index (κ1) is 23.9. The van der Waals surface area contributed by atoms with Crippen molar-refractivity contribution >= 4 is 33.8 Å². The molecule has 1 aliphatic carbocycles. The first-order valence-corrected chi connectivity index (χ1v) is 12.3. The number of alkyl halides is 6. The van der Waals surface area contributed by atoms with E-state index in [1.165, 1.54) is 19.9 Å². The lowest BCUT2D eigenvalue weighted by molar-refractivity contribution is -0.254. The molecule has 2 heterocycles. The number of rotatable bonds is 4. The molecule has 0 bridgehead atoms. The fourth-order valence-electron chi connectivity index (χ4n) is 4.34. The van der Waals surface area contributed by atoms with Crippen LogP contribution in [0, 0.1) is 13.8 Å². The molecule has 2 aromatic heterocycles. The Balaban J connectivity index is 1.78. The predicted octanol–water partition coefficient (Wildman–Crippen LogP) is 9.59. The largest absolute Gasteiger partial charge is 0.380 e. The number of benzene rings is 2. The van der Waals surface area contributed by atoms with Crippen molar-refractivity contribution in [2.75, 3.05) is 0 Å². The van der Waals surface area contributed by atoms with E-state index >= 15 is 17.6 Å². The fourth-order valence-corrected chi connectivity index (χ4v) is 6.63. The molecule has 8 heteroatoms. The van der Waals surface area contributed by atoms with E-state index in [0.29, 0.717) is 20.9 Å². The van der Waals surface area contributed by atoms with Crippen LogP contribution >= 0.6 is 22.7 Å². The van der Waals surface area contributed by atoms with Crippen LogP contribution in [0.2, 0.25) is 0 Å². The summed E-state index contributed by atoms with van der Waals surface area (Å²) in [5.74, 6) is -15.7. The minimum Gasteiger partial charge on any atom is -0.194 e. The lowest BCUT2D eigenvalue weighted by atomic mass is 9.97. The zero-order valence-electron chi connectivity index (χ0n) is 18.5. The summed E-state index contributed by atoms with van der Waals surface area (Å²) in [6.45, 7) is 2.96. The molecule has 180 valence electrons. The van der Waals surface area contributed by atoms with Crippen LogP contribution in [0.5, 0.6) is 0 Å². The normalized spacial score (nSPS) is 18.3. The van der Waals surface area contributed by atoms with E-state index in [1.807, 2.05) is 0 Å². The van der Waals surface area contributed by atoms with Gasteiger partial charge in [-0.15, -0.1) is 22.7 Å². The third-order valence-electron chi connectivity index (χ3n) is 6.12. The van der Waals surface area contributed by atoms with E-state index in [1.54, 1.807) is 66.7 Å². The molecular formula is C27H18F6S2. The molecule has 0 unspecified atom stereocenters. The van der Waals surface area contributed by atoms with E-state index in [-0.39, 0.29) is 20.9 Å². The van der Waals surface area contributed by atoms with Crippen molar-refractivity contribution in [2.45, 2.75) is 31.6 Å². The van der Waals surface area contributed by atoms with Gasteiger partial charge in [0.25, 0.3) is 0 Å². The zero-order valence-corrected chi connectivity index (χ0v) is 20.1. The van der Waals surface area contributed by atoms with Crippen molar-refractivity contribution in [2.24, 2.45) is 0 Å². The second kappa shape index (κ2) is 8.10. The van der Waals surface area contributed by atoms with E-state index in [0.717, 1.165) is 22.7 Å². The molecule has 0 fully saturated rings. The molecule has 5 rings (SSSR count). The van der Waals surface area contributed by atoms with Crippen LogP contribution in [-0.2, 0) is 0 Å². The number of hydrogen-bond acceptors (Lipinski definition) is 2. The number of aryl methyl sites for hydroxylation is 2. The van der Waals surface area contributed by atoms with Crippen molar-refractivity contribution in [1.82, 2.24) is 0 Å². The molecule has 1 aliphatic rings. The Morgan fingerprint density at radius 2 is 1.09 bits per heavy atom. The molecule has 0 aliphatic heterocycles. The number of hydrogen-bond donors (Lipinski definition) is 0. The number of thiophene rings is 2. The molecule has 0 radical (unpaired) electrons. The zero-order chi connectivity index (χ0) is 25.2. The smallest absolute Gasteiger partial charge is 0.194 e. The molecule has 0 saturated heterocycles. The van der Waals surface area contributed by atoms with Crippen LogP contribution in [0.4, 0.5) is 26.3 Å². The fraction of sp³-hybridized carbons (Fsp3) is 0.185. The van der Waals surface area contributed by atoms with Gasteiger partial charge in [-0.05, 0) is 48.2 Å². The van der Waals surface area contributed by atoms with Crippen LogP contribution in [-0.4, -0.2) is 17.8 Å². The van der Waals surface area contributed by atoms with Crippen LogP contribution in [0.3, 0.4) is 0 Å². The quantitative estimate of drug-likeness (QED) is 0.235. The molecule has 35 heavy (non-hydrogen) atoms. The molecular weight excluding hydrogens is 502 g/mol. The average molecular weight is 521 g/mol. The van der Waals surface area contributed by atoms with Crippen molar-refractivity contribution in [3.8, 4) is 20.9 Å². The van der Waals surface area contributed by atoms with Gasteiger partial charge in [-0.2, -0.15) is 26.3 Å². The topological polar surface area (TPSA) is 0 Å². The van der Waals surface area contributed by atoms with Crippen molar-refractivity contribution < 1.29 is 26.3 Å².